The summed E-state index contributed by atoms with van der Waals surface area (Å²) in [5, 5.41) is 17.9. The number of benzene rings is 1. The van der Waals surface area contributed by atoms with Gasteiger partial charge in [0.15, 0.2) is 0 Å². The van der Waals surface area contributed by atoms with E-state index in [-0.39, 0.29) is 5.46 Å². The highest BCUT2D eigenvalue weighted by Crippen LogP contribution is 2.19. The summed E-state index contributed by atoms with van der Waals surface area (Å²) in [6.07, 6.45) is 2.50. The van der Waals surface area contributed by atoms with E-state index in [1.165, 1.54) is 17.8 Å². The lowest BCUT2D eigenvalue weighted by molar-refractivity contribution is 0.422. The van der Waals surface area contributed by atoms with Gasteiger partial charge in [-0.2, -0.15) is 0 Å². The molecule has 0 fully saturated rings. The Bertz CT molecular complexity index is 331. The van der Waals surface area contributed by atoms with Gasteiger partial charge in [-0.1, -0.05) is 13.0 Å². The van der Waals surface area contributed by atoms with Crippen molar-refractivity contribution in [2.75, 3.05) is 6.26 Å². The maximum absolute atomic E-state index is 13.5. The molecule has 1 aromatic carbocycles. The van der Waals surface area contributed by atoms with Crippen molar-refractivity contribution in [3.05, 3.63) is 23.5 Å². The first-order chi connectivity index (χ1) is 6.60. The normalized spacial score (nSPS) is 10.4. The number of aryl methyl sites for hydroxylation is 1. The molecule has 76 valence electrons. The Hall–Kier alpha value is -0.515. The zero-order chi connectivity index (χ0) is 10.7. The van der Waals surface area contributed by atoms with Gasteiger partial charge in [0.1, 0.15) is 5.82 Å². The molecule has 0 saturated carbocycles. The van der Waals surface area contributed by atoms with Crippen LogP contribution in [-0.4, -0.2) is 23.4 Å². The Morgan fingerprint density at radius 2 is 2.07 bits per heavy atom. The van der Waals surface area contributed by atoms with Gasteiger partial charge in [0, 0.05) is 10.4 Å². The van der Waals surface area contributed by atoms with Gasteiger partial charge in [0.25, 0.3) is 0 Å². The molecule has 5 heteroatoms. The maximum Gasteiger partial charge on any atom is 0.491 e. The minimum absolute atomic E-state index is 0.0475. The van der Waals surface area contributed by atoms with Crippen molar-refractivity contribution < 1.29 is 14.4 Å². The molecule has 0 atom stereocenters. The molecule has 14 heavy (non-hydrogen) atoms. The molecule has 2 N–H and O–H groups in total. The molecule has 0 aliphatic rings. The van der Waals surface area contributed by atoms with Crippen LogP contribution in [-0.2, 0) is 6.42 Å². The lowest BCUT2D eigenvalue weighted by Gasteiger charge is -2.08. The SMILES string of the molecule is CCc1cc(SC)c(F)c(B(O)O)c1. The predicted octanol–water partition coefficient (Wildman–Crippen LogP) is 0.790. The van der Waals surface area contributed by atoms with E-state index < -0.39 is 12.9 Å². The van der Waals surface area contributed by atoms with E-state index in [0.717, 1.165) is 12.0 Å². The third-order valence-corrected chi connectivity index (χ3v) is 2.77. The molecule has 0 spiro atoms. The number of thioether (sulfide) groups is 1. The molecule has 0 unspecified atom stereocenters. The smallest absolute Gasteiger partial charge is 0.423 e. The second kappa shape index (κ2) is 4.82. The third kappa shape index (κ3) is 2.29. The molecule has 0 aromatic heterocycles. The molecule has 0 bridgehead atoms. The maximum atomic E-state index is 13.5. The fourth-order valence-corrected chi connectivity index (χ4v) is 1.79. The molecular weight excluding hydrogens is 202 g/mol. The Kier molecular flexibility index (Phi) is 3.98. The first-order valence-corrected chi connectivity index (χ1v) is 5.55. The summed E-state index contributed by atoms with van der Waals surface area (Å²) in [5.41, 5.74) is 0.854. The highest BCUT2D eigenvalue weighted by atomic mass is 32.2. The lowest BCUT2D eigenvalue weighted by atomic mass is 9.79. The van der Waals surface area contributed by atoms with Crippen molar-refractivity contribution in [3.63, 3.8) is 0 Å². The Labute approximate surface area is 87.3 Å². The van der Waals surface area contributed by atoms with Gasteiger partial charge in [-0.25, -0.2) is 4.39 Å². The second-order valence-electron chi connectivity index (χ2n) is 2.93. The van der Waals surface area contributed by atoms with Gasteiger partial charge < -0.3 is 10.0 Å². The Morgan fingerprint density at radius 1 is 1.43 bits per heavy atom. The van der Waals surface area contributed by atoms with Crippen molar-refractivity contribution in [2.45, 2.75) is 18.2 Å². The fourth-order valence-electron chi connectivity index (χ4n) is 1.22. The summed E-state index contributed by atoms with van der Waals surface area (Å²) in [5.74, 6) is -0.537. The summed E-state index contributed by atoms with van der Waals surface area (Å²) in [6, 6.07) is 3.21. The molecular formula is C9H12BFO2S. The second-order valence-corrected chi connectivity index (χ2v) is 3.78. The van der Waals surface area contributed by atoms with Crippen molar-refractivity contribution in [2.24, 2.45) is 0 Å². The molecule has 0 radical (unpaired) electrons. The van der Waals surface area contributed by atoms with E-state index >= 15 is 0 Å². The molecule has 1 aromatic rings. The van der Waals surface area contributed by atoms with Crippen LogP contribution in [0.3, 0.4) is 0 Å². The minimum atomic E-state index is -1.74. The van der Waals surface area contributed by atoms with Crippen LogP contribution in [0.1, 0.15) is 12.5 Å². The summed E-state index contributed by atoms with van der Waals surface area (Å²) in [6.45, 7) is 1.94. The minimum Gasteiger partial charge on any atom is -0.423 e. The third-order valence-electron chi connectivity index (χ3n) is 2.03. The van der Waals surface area contributed by atoms with E-state index in [1.54, 1.807) is 12.3 Å². The molecule has 0 aliphatic carbocycles. The average molecular weight is 214 g/mol. The van der Waals surface area contributed by atoms with E-state index in [4.69, 9.17) is 10.0 Å². The molecule has 1 rings (SSSR count). The topological polar surface area (TPSA) is 40.5 Å². The van der Waals surface area contributed by atoms with Crippen LogP contribution in [0.15, 0.2) is 17.0 Å². The van der Waals surface area contributed by atoms with Gasteiger partial charge in [-0.05, 0) is 24.3 Å². The van der Waals surface area contributed by atoms with Crippen LogP contribution >= 0.6 is 11.8 Å². The molecule has 2 nitrogen and oxygen atoms in total. The molecule has 0 amide bonds. The van der Waals surface area contributed by atoms with Crippen molar-refractivity contribution in [1.29, 1.82) is 0 Å². The standard InChI is InChI=1S/C9H12BFO2S/c1-3-6-4-7(10(12)13)9(11)8(5-6)14-2/h4-5,12-13H,3H2,1-2H3. The zero-order valence-electron chi connectivity index (χ0n) is 8.12. The predicted molar refractivity (Wildman–Crippen MR) is 57.4 cm³/mol. The highest BCUT2D eigenvalue weighted by molar-refractivity contribution is 7.98. The molecule has 0 saturated heterocycles. The number of hydrogen-bond donors (Lipinski definition) is 2. The lowest BCUT2D eigenvalue weighted by Crippen LogP contribution is -2.33. The molecule has 0 heterocycles. The van der Waals surface area contributed by atoms with Crippen molar-refractivity contribution in [1.82, 2.24) is 0 Å². The fraction of sp³-hybridized carbons (Fsp3) is 0.333. The number of halogens is 1. The first kappa shape index (κ1) is 11.6. The van der Waals surface area contributed by atoms with Gasteiger partial charge in [-0.15, -0.1) is 11.8 Å². The van der Waals surface area contributed by atoms with Crippen LogP contribution in [0.4, 0.5) is 4.39 Å². The first-order valence-electron chi connectivity index (χ1n) is 4.32. The zero-order valence-corrected chi connectivity index (χ0v) is 8.94. The van der Waals surface area contributed by atoms with Crippen molar-refractivity contribution >= 4 is 24.3 Å². The number of hydrogen-bond acceptors (Lipinski definition) is 3. The van der Waals surface area contributed by atoms with Crippen LogP contribution in [0, 0.1) is 5.82 Å². The summed E-state index contributed by atoms with van der Waals surface area (Å²) in [4.78, 5) is 0.451. The number of rotatable bonds is 3. The van der Waals surface area contributed by atoms with Crippen LogP contribution in [0.25, 0.3) is 0 Å². The summed E-state index contributed by atoms with van der Waals surface area (Å²) in [7, 11) is -1.74. The Morgan fingerprint density at radius 3 is 2.50 bits per heavy atom. The van der Waals surface area contributed by atoms with Gasteiger partial charge in [-0.3, -0.25) is 0 Å². The largest absolute Gasteiger partial charge is 0.491 e. The average Bonchev–Trinajstić information content (AvgIpc) is 2.17. The van der Waals surface area contributed by atoms with Crippen LogP contribution in [0.5, 0.6) is 0 Å². The van der Waals surface area contributed by atoms with E-state index in [1.807, 2.05) is 6.92 Å². The van der Waals surface area contributed by atoms with E-state index in [2.05, 4.69) is 0 Å². The van der Waals surface area contributed by atoms with Crippen LogP contribution in [0.2, 0.25) is 0 Å². The molecule has 0 aliphatic heterocycles. The van der Waals surface area contributed by atoms with Crippen LogP contribution < -0.4 is 5.46 Å². The Balaban J connectivity index is 3.27. The van der Waals surface area contributed by atoms with E-state index in [9.17, 15) is 4.39 Å². The summed E-state index contributed by atoms with van der Waals surface area (Å²) < 4.78 is 13.5. The van der Waals surface area contributed by atoms with Gasteiger partial charge in [0.05, 0.1) is 0 Å². The monoisotopic (exact) mass is 214 g/mol. The van der Waals surface area contributed by atoms with E-state index in [0.29, 0.717) is 4.90 Å². The van der Waals surface area contributed by atoms with Gasteiger partial charge >= 0.3 is 7.12 Å². The summed E-state index contributed by atoms with van der Waals surface area (Å²) >= 11 is 1.26. The quantitative estimate of drug-likeness (QED) is 0.577. The van der Waals surface area contributed by atoms with Crippen molar-refractivity contribution in [3.8, 4) is 0 Å². The highest BCUT2D eigenvalue weighted by Gasteiger charge is 2.19. The van der Waals surface area contributed by atoms with Gasteiger partial charge in [0.2, 0.25) is 0 Å².